The largest absolute Gasteiger partial charge is 0.482 e. The van der Waals surface area contributed by atoms with Gasteiger partial charge in [0.05, 0.1) is 6.07 Å². The highest BCUT2D eigenvalue weighted by Crippen LogP contribution is 2.23. The molecule has 0 aliphatic heterocycles. The first-order valence-electron chi connectivity index (χ1n) is 4.63. The predicted molar refractivity (Wildman–Crippen MR) is 58.9 cm³/mol. The molecule has 2 heterocycles. The van der Waals surface area contributed by atoms with Crippen molar-refractivity contribution >= 4 is 17.5 Å². The van der Waals surface area contributed by atoms with Crippen LogP contribution in [0.3, 0.4) is 0 Å². The van der Waals surface area contributed by atoms with Crippen LogP contribution in [-0.4, -0.2) is 9.91 Å². The summed E-state index contributed by atoms with van der Waals surface area (Å²) in [6, 6.07) is 6.06. The fourth-order valence-corrected chi connectivity index (χ4v) is 1.34. The quantitative estimate of drug-likeness (QED) is 0.476. The second-order valence-electron chi connectivity index (χ2n) is 3.08. The SMILES string of the molecule is O=[N+]([O-])c1ccc(COc2cccnc2Cl)o1. The van der Waals surface area contributed by atoms with Gasteiger partial charge >= 0.3 is 5.88 Å². The molecule has 0 aromatic carbocycles. The van der Waals surface area contributed by atoms with Crippen LogP contribution in [0.2, 0.25) is 5.15 Å². The van der Waals surface area contributed by atoms with Gasteiger partial charge in [-0.3, -0.25) is 10.1 Å². The highest BCUT2D eigenvalue weighted by molar-refractivity contribution is 6.30. The molecule has 0 saturated heterocycles. The van der Waals surface area contributed by atoms with Crippen molar-refractivity contribution in [3.05, 3.63) is 51.5 Å². The molecular weight excluding hydrogens is 248 g/mol. The van der Waals surface area contributed by atoms with Gasteiger partial charge in [-0.1, -0.05) is 11.6 Å². The van der Waals surface area contributed by atoms with Crippen LogP contribution in [0.4, 0.5) is 5.88 Å². The molecule has 0 N–H and O–H groups in total. The molecule has 2 rings (SSSR count). The molecule has 0 unspecified atom stereocenters. The molecular formula is C10H7ClN2O4. The number of nitrogens with zero attached hydrogens (tertiary/aromatic N) is 2. The van der Waals surface area contributed by atoms with E-state index in [1.807, 2.05) is 0 Å². The first kappa shape index (κ1) is 11.4. The van der Waals surface area contributed by atoms with Crippen LogP contribution in [0.5, 0.6) is 5.75 Å². The van der Waals surface area contributed by atoms with E-state index in [0.29, 0.717) is 11.5 Å². The van der Waals surface area contributed by atoms with Gasteiger partial charge in [-0.25, -0.2) is 4.98 Å². The molecule has 0 aliphatic rings. The lowest BCUT2D eigenvalue weighted by Gasteiger charge is -2.04. The number of nitro groups is 1. The van der Waals surface area contributed by atoms with Crippen molar-refractivity contribution in [1.82, 2.24) is 4.98 Å². The van der Waals surface area contributed by atoms with E-state index in [1.54, 1.807) is 12.1 Å². The number of halogens is 1. The fourth-order valence-electron chi connectivity index (χ4n) is 1.17. The molecule has 17 heavy (non-hydrogen) atoms. The molecule has 0 radical (unpaired) electrons. The lowest BCUT2D eigenvalue weighted by atomic mass is 10.4. The Kier molecular flexibility index (Phi) is 3.24. The Hall–Kier alpha value is -2.08. The lowest BCUT2D eigenvalue weighted by molar-refractivity contribution is -0.402. The Morgan fingerprint density at radius 3 is 2.94 bits per heavy atom. The monoisotopic (exact) mass is 254 g/mol. The number of pyridine rings is 1. The van der Waals surface area contributed by atoms with E-state index in [1.165, 1.54) is 18.3 Å². The van der Waals surface area contributed by atoms with E-state index in [0.717, 1.165) is 0 Å². The molecule has 6 nitrogen and oxygen atoms in total. The highest BCUT2D eigenvalue weighted by Gasteiger charge is 2.12. The summed E-state index contributed by atoms with van der Waals surface area (Å²) in [5.41, 5.74) is 0. The topological polar surface area (TPSA) is 78.4 Å². The molecule has 0 atom stereocenters. The van der Waals surface area contributed by atoms with Crippen LogP contribution >= 0.6 is 11.6 Å². The number of aromatic nitrogens is 1. The Balaban J connectivity index is 2.02. The van der Waals surface area contributed by atoms with Crippen molar-refractivity contribution in [2.75, 3.05) is 0 Å². The fraction of sp³-hybridized carbons (Fsp3) is 0.100. The zero-order valence-electron chi connectivity index (χ0n) is 8.50. The summed E-state index contributed by atoms with van der Waals surface area (Å²) in [5.74, 6) is 0.422. The molecule has 0 fully saturated rings. The molecule has 0 bridgehead atoms. The maximum absolute atomic E-state index is 10.4. The van der Waals surface area contributed by atoms with E-state index in [-0.39, 0.29) is 17.6 Å². The number of hydrogen-bond acceptors (Lipinski definition) is 5. The number of hydrogen-bond donors (Lipinski definition) is 0. The van der Waals surface area contributed by atoms with E-state index in [4.69, 9.17) is 20.8 Å². The van der Waals surface area contributed by atoms with Crippen LogP contribution in [0.15, 0.2) is 34.9 Å². The third kappa shape index (κ3) is 2.73. The highest BCUT2D eigenvalue weighted by atomic mass is 35.5. The van der Waals surface area contributed by atoms with Gasteiger partial charge in [-0.15, -0.1) is 0 Å². The van der Waals surface area contributed by atoms with Gasteiger partial charge in [-0.2, -0.15) is 0 Å². The van der Waals surface area contributed by atoms with E-state index >= 15 is 0 Å². The molecule has 88 valence electrons. The van der Waals surface area contributed by atoms with Crippen LogP contribution in [0, 0.1) is 10.1 Å². The number of rotatable bonds is 4. The average Bonchev–Trinajstić information content (AvgIpc) is 2.77. The summed E-state index contributed by atoms with van der Waals surface area (Å²) >= 11 is 5.77. The average molecular weight is 255 g/mol. The number of furan rings is 1. The Morgan fingerprint density at radius 1 is 1.47 bits per heavy atom. The van der Waals surface area contributed by atoms with E-state index in [2.05, 4.69) is 4.98 Å². The van der Waals surface area contributed by atoms with Gasteiger partial charge < -0.3 is 9.15 Å². The molecule has 0 saturated carbocycles. The summed E-state index contributed by atoms with van der Waals surface area (Å²) in [5, 5.41) is 10.6. The van der Waals surface area contributed by atoms with Gasteiger partial charge in [0.25, 0.3) is 0 Å². The van der Waals surface area contributed by atoms with Gasteiger partial charge in [0.15, 0.2) is 10.9 Å². The van der Waals surface area contributed by atoms with Crippen molar-refractivity contribution in [2.24, 2.45) is 0 Å². The van der Waals surface area contributed by atoms with E-state index < -0.39 is 4.92 Å². The molecule has 0 spiro atoms. The maximum atomic E-state index is 10.4. The minimum Gasteiger partial charge on any atom is -0.482 e. The van der Waals surface area contributed by atoms with Crippen molar-refractivity contribution in [2.45, 2.75) is 6.61 Å². The second kappa shape index (κ2) is 4.84. The molecule has 0 aliphatic carbocycles. The van der Waals surface area contributed by atoms with Crippen LogP contribution in [0.25, 0.3) is 0 Å². The summed E-state index contributed by atoms with van der Waals surface area (Å²) in [4.78, 5) is 13.6. The second-order valence-corrected chi connectivity index (χ2v) is 3.44. The molecule has 7 heteroatoms. The minimum atomic E-state index is -0.611. The van der Waals surface area contributed by atoms with Gasteiger partial charge in [-0.05, 0) is 18.2 Å². The Bertz CT molecular complexity index is 541. The van der Waals surface area contributed by atoms with Crippen LogP contribution in [-0.2, 0) is 6.61 Å². The smallest absolute Gasteiger partial charge is 0.433 e. The summed E-state index contributed by atoms with van der Waals surface area (Å²) < 4.78 is 10.2. The molecule has 2 aromatic heterocycles. The third-order valence-corrected chi connectivity index (χ3v) is 2.21. The minimum absolute atomic E-state index is 0.0548. The lowest BCUT2D eigenvalue weighted by Crippen LogP contribution is -1.95. The Morgan fingerprint density at radius 2 is 2.29 bits per heavy atom. The first-order valence-corrected chi connectivity index (χ1v) is 5.01. The zero-order valence-corrected chi connectivity index (χ0v) is 9.26. The van der Waals surface area contributed by atoms with Crippen molar-refractivity contribution in [3.63, 3.8) is 0 Å². The van der Waals surface area contributed by atoms with E-state index in [9.17, 15) is 10.1 Å². The summed E-state index contributed by atoms with van der Waals surface area (Å²) in [7, 11) is 0. The van der Waals surface area contributed by atoms with Crippen molar-refractivity contribution < 1.29 is 14.1 Å². The van der Waals surface area contributed by atoms with Crippen molar-refractivity contribution in [3.8, 4) is 5.75 Å². The third-order valence-electron chi connectivity index (χ3n) is 1.92. The maximum Gasteiger partial charge on any atom is 0.433 e. The summed E-state index contributed by atoms with van der Waals surface area (Å²) in [6.45, 7) is 0.0548. The van der Waals surface area contributed by atoms with Crippen molar-refractivity contribution in [1.29, 1.82) is 0 Å². The van der Waals surface area contributed by atoms with Crippen LogP contribution < -0.4 is 4.74 Å². The van der Waals surface area contributed by atoms with Crippen LogP contribution in [0.1, 0.15) is 5.76 Å². The molecule has 0 amide bonds. The summed E-state index contributed by atoms with van der Waals surface area (Å²) in [6.07, 6.45) is 1.53. The normalized spacial score (nSPS) is 10.2. The zero-order chi connectivity index (χ0) is 12.3. The van der Waals surface area contributed by atoms with Gasteiger partial charge in [0, 0.05) is 6.20 Å². The van der Waals surface area contributed by atoms with Gasteiger partial charge in [0.2, 0.25) is 0 Å². The van der Waals surface area contributed by atoms with Gasteiger partial charge in [0.1, 0.15) is 17.3 Å². The first-order chi connectivity index (χ1) is 8.16. The standard InChI is InChI=1S/C10H7ClN2O4/c11-10-8(2-1-5-12-10)16-6-7-3-4-9(17-7)13(14)15/h1-5H,6H2. The molecule has 2 aromatic rings. The number of ether oxygens (including phenoxy) is 1. The Labute approximate surface area is 101 Å². The predicted octanol–water partition coefficient (Wildman–Crippen LogP) is 2.82.